The van der Waals surface area contributed by atoms with Gasteiger partial charge in [-0.1, -0.05) is 69.7 Å². The number of anilines is 1. The summed E-state index contributed by atoms with van der Waals surface area (Å²) in [5.41, 5.74) is 1.97. The van der Waals surface area contributed by atoms with E-state index in [9.17, 15) is 4.79 Å². The van der Waals surface area contributed by atoms with Gasteiger partial charge in [-0.05, 0) is 49.5 Å². The summed E-state index contributed by atoms with van der Waals surface area (Å²) >= 11 is 0. The predicted octanol–water partition coefficient (Wildman–Crippen LogP) is 6.67. The molecule has 0 saturated carbocycles. The van der Waals surface area contributed by atoms with Crippen LogP contribution >= 0.6 is 0 Å². The Hall–Kier alpha value is -2.03. The lowest BCUT2D eigenvalue weighted by Gasteiger charge is -2.05. The largest absolute Gasteiger partial charge is 0.478 e. The zero-order valence-electron chi connectivity index (χ0n) is 16.3. The highest BCUT2D eigenvalue weighted by Crippen LogP contribution is 2.11. The van der Waals surface area contributed by atoms with Gasteiger partial charge in [0.05, 0.1) is 0 Å². The Bertz CT molecular complexity index is 532. The molecule has 0 bridgehead atoms. The van der Waals surface area contributed by atoms with Crippen LogP contribution in [0.25, 0.3) is 6.08 Å². The van der Waals surface area contributed by atoms with E-state index >= 15 is 0 Å². The van der Waals surface area contributed by atoms with Gasteiger partial charge in [0.25, 0.3) is 0 Å². The minimum Gasteiger partial charge on any atom is -0.478 e. The van der Waals surface area contributed by atoms with Crippen LogP contribution in [0, 0.1) is 0 Å². The maximum Gasteiger partial charge on any atom is 0.328 e. The topological polar surface area (TPSA) is 49.3 Å². The molecule has 0 spiro atoms. The molecule has 0 aromatic heterocycles. The SMILES string of the molecule is CCCCCCCCC/C=C/CCCNc1ccc(/C=C/C(=O)O)cc1. The Kier molecular flexibility index (Phi) is 12.9. The molecule has 0 fully saturated rings. The average molecular weight is 358 g/mol. The highest BCUT2D eigenvalue weighted by atomic mass is 16.4. The molecule has 144 valence electrons. The Morgan fingerprint density at radius 3 is 2.19 bits per heavy atom. The number of allylic oxidation sites excluding steroid dienone is 2. The molecule has 1 rings (SSSR count). The number of carboxylic acid groups (broad SMARTS) is 1. The van der Waals surface area contributed by atoms with Crippen LogP contribution < -0.4 is 5.32 Å². The van der Waals surface area contributed by atoms with Crippen LogP contribution in [-0.4, -0.2) is 17.6 Å². The molecule has 0 aliphatic carbocycles. The zero-order valence-corrected chi connectivity index (χ0v) is 16.3. The third kappa shape index (κ3) is 12.3. The highest BCUT2D eigenvalue weighted by Gasteiger charge is 1.93. The van der Waals surface area contributed by atoms with E-state index in [1.54, 1.807) is 6.08 Å². The van der Waals surface area contributed by atoms with E-state index in [0.717, 1.165) is 36.7 Å². The van der Waals surface area contributed by atoms with E-state index in [2.05, 4.69) is 24.4 Å². The first kappa shape index (κ1) is 22.0. The molecular formula is C23H35NO2. The molecule has 0 atom stereocenters. The molecule has 2 N–H and O–H groups in total. The minimum absolute atomic E-state index is 0.895. The number of unbranched alkanes of at least 4 members (excludes halogenated alkanes) is 8. The summed E-state index contributed by atoms with van der Waals surface area (Å²) in [7, 11) is 0. The summed E-state index contributed by atoms with van der Waals surface area (Å²) in [5.74, 6) is -0.924. The number of carbonyl (C=O) groups is 1. The molecule has 0 saturated heterocycles. The van der Waals surface area contributed by atoms with E-state index in [1.807, 2.05) is 24.3 Å². The first-order chi connectivity index (χ1) is 12.7. The van der Waals surface area contributed by atoms with Crippen molar-refractivity contribution in [1.29, 1.82) is 0 Å². The van der Waals surface area contributed by atoms with Gasteiger partial charge in [0.15, 0.2) is 0 Å². The summed E-state index contributed by atoms with van der Waals surface area (Å²) in [4.78, 5) is 10.5. The van der Waals surface area contributed by atoms with Gasteiger partial charge in [-0.3, -0.25) is 0 Å². The summed E-state index contributed by atoms with van der Waals surface area (Å²) in [6, 6.07) is 7.81. The van der Waals surface area contributed by atoms with Crippen molar-refractivity contribution in [3.63, 3.8) is 0 Å². The summed E-state index contributed by atoms with van der Waals surface area (Å²) < 4.78 is 0. The molecule has 0 aliphatic rings. The monoisotopic (exact) mass is 357 g/mol. The molecule has 3 heteroatoms. The number of rotatable bonds is 15. The third-order valence-electron chi connectivity index (χ3n) is 4.35. The molecule has 0 aliphatic heterocycles. The fourth-order valence-corrected chi connectivity index (χ4v) is 2.79. The van der Waals surface area contributed by atoms with E-state index in [-0.39, 0.29) is 0 Å². The second-order valence-corrected chi connectivity index (χ2v) is 6.74. The lowest BCUT2D eigenvalue weighted by atomic mass is 10.1. The van der Waals surface area contributed by atoms with Crippen molar-refractivity contribution in [2.75, 3.05) is 11.9 Å². The maximum absolute atomic E-state index is 10.5. The van der Waals surface area contributed by atoms with E-state index in [1.165, 1.54) is 51.4 Å². The van der Waals surface area contributed by atoms with Gasteiger partial charge in [0.1, 0.15) is 0 Å². The van der Waals surface area contributed by atoms with Crippen molar-refractivity contribution in [2.45, 2.75) is 71.1 Å². The molecule has 0 unspecified atom stereocenters. The normalized spacial score (nSPS) is 11.4. The van der Waals surface area contributed by atoms with Gasteiger partial charge in [0, 0.05) is 18.3 Å². The standard InChI is InChI=1S/C23H35NO2/c1-2-3-4-5-6-7-8-9-10-11-12-13-20-24-22-17-14-21(15-18-22)16-19-23(25)26/h10-11,14-19,24H,2-9,12-13,20H2,1H3,(H,25,26)/b11-10+,19-16+. The Morgan fingerprint density at radius 1 is 0.923 bits per heavy atom. The van der Waals surface area contributed by atoms with Crippen molar-refractivity contribution in [1.82, 2.24) is 0 Å². The highest BCUT2D eigenvalue weighted by molar-refractivity contribution is 5.85. The molecule has 0 amide bonds. The van der Waals surface area contributed by atoms with Gasteiger partial charge in [-0.15, -0.1) is 0 Å². The Labute approximate surface area is 159 Å². The lowest BCUT2D eigenvalue weighted by molar-refractivity contribution is -0.131. The minimum atomic E-state index is -0.924. The van der Waals surface area contributed by atoms with Crippen molar-refractivity contribution >= 4 is 17.7 Å². The van der Waals surface area contributed by atoms with Gasteiger partial charge in [-0.25, -0.2) is 4.79 Å². The number of aliphatic carboxylic acids is 1. The number of benzene rings is 1. The Balaban J connectivity index is 2.00. The van der Waals surface area contributed by atoms with Crippen LogP contribution in [0.15, 0.2) is 42.5 Å². The van der Waals surface area contributed by atoms with Crippen LogP contribution in [0.4, 0.5) is 5.69 Å². The fourth-order valence-electron chi connectivity index (χ4n) is 2.79. The van der Waals surface area contributed by atoms with Crippen LogP contribution in [0.3, 0.4) is 0 Å². The number of hydrogen-bond acceptors (Lipinski definition) is 2. The smallest absolute Gasteiger partial charge is 0.328 e. The molecule has 0 heterocycles. The van der Waals surface area contributed by atoms with Gasteiger partial charge < -0.3 is 10.4 Å². The fraction of sp³-hybridized carbons (Fsp3) is 0.522. The van der Waals surface area contributed by atoms with Crippen LogP contribution in [0.5, 0.6) is 0 Å². The Morgan fingerprint density at radius 2 is 1.54 bits per heavy atom. The maximum atomic E-state index is 10.5. The van der Waals surface area contributed by atoms with Crippen LogP contribution in [0.2, 0.25) is 0 Å². The van der Waals surface area contributed by atoms with Crippen molar-refractivity contribution < 1.29 is 9.90 Å². The quantitative estimate of drug-likeness (QED) is 0.209. The predicted molar refractivity (Wildman–Crippen MR) is 113 cm³/mol. The van der Waals surface area contributed by atoms with E-state index in [4.69, 9.17) is 5.11 Å². The van der Waals surface area contributed by atoms with Crippen molar-refractivity contribution in [2.24, 2.45) is 0 Å². The van der Waals surface area contributed by atoms with E-state index in [0.29, 0.717) is 0 Å². The molecule has 0 radical (unpaired) electrons. The van der Waals surface area contributed by atoms with Crippen molar-refractivity contribution in [3.8, 4) is 0 Å². The molecular weight excluding hydrogens is 322 g/mol. The number of hydrogen-bond donors (Lipinski definition) is 2. The third-order valence-corrected chi connectivity index (χ3v) is 4.35. The molecule has 26 heavy (non-hydrogen) atoms. The summed E-state index contributed by atoms with van der Waals surface area (Å²) in [6.45, 7) is 3.21. The number of nitrogens with one attached hydrogen (secondary N) is 1. The molecule has 1 aromatic carbocycles. The first-order valence-electron chi connectivity index (χ1n) is 10.1. The van der Waals surface area contributed by atoms with E-state index < -0.39 is 5.97 Å². The summed E-state index contributed by atoms with van der Waals surface area (Å²) in [5, 5.41) is 12.0. The van der Waals surface area contributed by atoms with Gasteiger partial charge >= 0.3 is 5.97 Å². The lowest BCUT2D eigenvalue weighted by Crippen LogP contribution is -2.00. The second-order valence-electron chi connectivity index (χ2n) is 6.74. The zero-order chi connectivity index (χ0) is 18.9. The van der Waals surface area contributed by atoms with Crippen molar-refractivity contribution in [3.05, 3.63) is 48.1 Å². The van der Waals surface area contributed by atoms with Gasteiger partial charge in [0.2, 0.25) is 0 Å². The number of carboxylic acids is 1. The molecule has 3 nitrogen and oxygen atoms in total. The first-order valence-corrected chi connectivity index (χ1v) is 10.1. The van der Waals surface area contributed by atoms with Crippen LogP contribution in [0.1, 0.15) is 76.7 Å². The summed E-state index contributed by atoms with van der Waals surface area (Å²) in [6.07, 6.45) is 20.4. The second kappa shape index (κ2) is 15.2. The van der Waals surface area contributed by atoms with Gasteiger partial charge in [-0.2, -0.15) is 0 Å². The van der Waals surface area contributed by atoms with Crippen LogP contribution in [-0.2, 0) is 4.79 Å². The molecule has 1 aromatic rings. The average Bonchev–Trinajstić information content (AvgIpc) is 2.64.